The summed E-state index contributed by atoms with van der Waals surface area (Å²) in [4.78, 5) is 23.8. The second-order valence-electron chi connectivity index (χ2n) is 4.18. The van der Waals surface area contributed by atoms with Crippen LogP contribution in [0.2, 0.25) is 5.02 Å². The van der Waals surface area contributed by atoms with E-state index in [4.69, 9.17) is 11.6 Å². The predicted molar refractivity (Wildman–Crippen MR) is 72.6 cm³/mol. The third kappa shape index (κ3) is 2.29. The number of benzene rings is 1. The van der Waals surface area contributed by atoms with E-state index in [2.05, 4.69) is 9.84 Å². The number of H-pyrrole nitrogens is 1. The number of hydrogen-bond acceptors (Lipinski definition) is 3. The fourth-order valence-electron chi connectivity index (χ4n) is 1.81. The normalized spacial score (nSPS) is 10.5. The maximum absolute atomic E-state index is 12.1. The van der Waals surface area contributed by atoms with Crippen molar-refractivity contribution in [2.75, 3.05) is 7.11 Å². The summed E-state index contributed by atoms with van der Waals surface area (Å²) < 4.78 is 5.90. The Kier molecular flexibility index (Phi) is 3.48. The van der Waals surface area contributed by atoms with Crippen LogP contribution in [0, 0.1) is 6.92 Å². The summed E-state index contributed by atoms with van der Waals surface area (Å²) in [7, 11) is 2.80. The second kappa shape index (κ2) is 4.93. The van der Waals surface area contributed by atoms with Crippen molar-refractivity contribution >= 4 is 17.6 Å². The number of aromatic nitrogens is 2. The van der Waals surface area contributed by atoms with E-state index in [0.717, 1.165) is 5.56 Å². The summed E-state index contributed by atoms with van der Waals surface area (Å²) in [6.07, 6.45) is 0. The van der Waals surface area contributed by atoms with Crippen molar-refractivity contribution in [1.82, 2.24) is 9.78 Å². The van der Waals surface area contributed by atoms with E-state index < -0.39 is 5.97 Å². The largest absolute Gasteiger partial charge is 0.464 e. The zero-order valence-electron chi connectivity index (χ0n) is 10.8. The average Bonchev–Trinajstić information content (AvgIpc) is 2.68. The zero-order chi connectivity index (χ0) is 14.2. The van der Waals surface area contributed by atoms with Crippen LogP contribution in [0.1, 0.15) is 16.1 Å². The average molecular weight is 281 g/mol. The molecule has 0 saturated carbocycles. The molecule has 2 rings (SSSR count). The Bertz CT molecular complexity index is 700. The molecule has 1 aromatic heterocycles. The van der Waals surface area contributed by atoms with E-state index in [1.165, 1.54) is 18.8 Å². The molecular formula is C13H13ClN2O3. The summed E-state index contributed by atoms with van der Waals surface area (Å²) >= 11 is 6.05. The molecule has 1 heterocycles. The predicted octanol–water partition coefficient (Wildman–Crippen LogP) is 2.13. The quantitative estimate of drug-likeness (QED) is 0.857. The highest BCUT2D eigenvalue weighted by Crippen LogP contribution is 2.25. The summed E-state index contributed by atoms with van der Waals surface area (Å²) in [5, 5.41) is 3.22. The molecule has 0 aliphatic carbocycles. The molecule has 1 N–H and O–H groups in total. The van der Waals surface area contributed by atoms with E-state index >= 15 is 0 Å². The minimum atomic E-state index is -0.593. The van der Waals surface area contributed by atoms with Gasteiger partial charge in [0.25, 0.3) is 5.56 Å². The van der Waals surface area contributed by atoms with Gasteiger partial charge in [0.15, 0.2) is 5.69 Å². The molecule has 0 bridgehead atoms. The minimum Gasteiger partial charge on any atom is -0.464 e. The van der Waals surface area contributed by atoms with Gasteiger partial charge in [0.1, 0.15) is 0 Å². The van der Waals surface area contributed by atoms with Crippen molar-refractivity contribution in [1.29, 1.82) is 0 Å². The summed E-state index contributed by atoms with van der Waals surface area (Å²) in [5.74, 6) is -0.593. The maximum atomic E-state index is 12.1. The van der Waals surface area contributed by atoms with Crippen LogP contribution in [0.5, 0.6) is 0 Å². The topological polar surface area (TPSA) is 64.1 Å². The lowest BCUT2D eigenvalue weighted by Gasteiger charge is -2.03. The Morgan fingerprint density at radius 1 is 1.42 bits per heavy atom. The SMILES string of the molecule is COC(=O)c1[nH]n(C)c(=O)c1-c1ccc(C)c(Cl)c1. The van der Waals surface area contributed by atoms with Crippen molar-refractivity contribution in [3.63, 3.8) is 0 Å². The van der Waals surface area contributed by atoms with Crippen LogP contribution in [0.15, 0.2) is 23.0 Å². The first-order chi connectivity index (χ1) is 8.95. The summed E-state index contributed by atoms with van der Waals surface area (Å²) in [6, 6.07) is 5.21. The molecule has 19 heavy (non-hydrogen) atoms. The molecule has 6 heteroatoms. The van der Waals surface area contributed by atoms with Crippen molar-refractivity contribution in [3.05, 3.63) is 44.8 Å². The lowest BCUT2D eigenvalue weighted by molar-refractivity contribution is 0.0594. The van der Waals surface area contributed by atoms with Gasteiger partial charge in [-0.05, 0) is 24.1 Å². The Morgan fingerprint density at radius 3 is 2.68 bits per heavy atom. The highest BCUT2D eigenvalue weighted by molar-refractivity contribution is 6.31. The molecule has 0 amide bonds. The number of aryl methyl sites for hydroxylation is 2. The number of rotatable bonds is 2. The van der Waals surface area contributed by atoms with Gasteiger partial charge >= 0.3 is 5.97 Å². The Morgan fingerprint density at radius 2 is 2.11 bits per heavy atom. The van der Waals surface area contributed by atoms with Crippen LogP contribution in [0.3, 0.4) is 0 Å². The first-order valence-corrected chi connectivity index (χ1v) is 5.97. The van der Waals surface area contributed by atoms with Crippen LogP contribution >= 0.6 is 11.6 Å². The number of methoxy groups -OCH3 is 1. The fraction of sp³-hybridized carbons (Fsp3) is 0.231. The number of nitrogens with zero attached hydrogens (tertiary/aromatic N) is 1. The van der Waals surface area contributed by atoms with E-state index in [9.17, 15) is 9.59 Å². The number of hydrogen-bond donors (Lipinski definition) is 1. The molecule has 100 valence electrons. The molecule has 0 atom stereocenters. The Hall–Kier alpha value is -2.01. The van der Waals surface area contributed by atoms with Crippen LogP contribution in [-0.4, -0.2) is 22.9 Å². The van der Waals surface area contributed by atoms with Crippen LogP contribution in [-0.2, 0) is 11.8 Å². The van der Waals surface area contributed by atoms with Crippen molar-refractivity contribution in [2.24, 2.45) is 7.05 Å². The number of carbonyl (C=O) groups is 1. The Balaban J connectivity index is 2.70. The molecular weight excluding hydrogens is 268 g/mol. The van der Waals surface area contributed by atoms with Gasteiger partial charge in [-0.15, -0.1) is 0 Å². The fourth-order valence-corrected chi connectivity index (χ4v) is 2.00. The van der Waals surface area contributed by atoms with Crippen LogP contribution in [0.25, 0.3) is 11.1 Å². The minimum absolute atomic E-state index is 0.120. The first-order valence-electron chi connectivity index (χ1n) is 5.59. The maximum Gasteiger partial charge on any atom is 0.356 e. The van der Waals surface area contributed by atoms with Gasteiger partial charge in [0.2, 0.25) is 0 Å². The summed E-state index contributed by atoms with van der Waals surface area (Å²) in [5.41, 5.74) is 1.56. The van der Waals surface area contributed by atoms with Crippen LogP contribution < -0.4 is 5.56 Å². The molecule has 0 unspecified atom stereocenters. The van der Waals surface area contributed by atoms with Gasteiger partial charge in [-0.25, -0.2) is 4.79 Å². The lowest BCUT2D eigenvalue weighted by atomic mass is 10.0. The molecule has 0 fully saturated rings. The number of halogens is 1. The van der Waals surface area contributed by atoms with E-state index in [-0.39, 0.29) is 16.8 Å². The highest BCUT2D eigenvalue weighted by atomic mass is 35.5. The number of nitrogens with one attached hydrogen (secondary N) is 1. The number of ether oxygens (including phenoxy) is 1. The van der Waals surface area contributed by atoms with Crippen molar-refractivity contribution < 1.29 is 9.53 Å². The van der Waals surface area contributed by atoms with Gasteiger partial charge in [0, 0.05) is 12.1 Å². The van der Waals surface area contributed by atoms with Gasteiger partial charge in [-0.3, -0.25) is 14.6 Å². The van der Waals surface area contributed by atoms with Gasteiger partial charge in [-0.1, -0.05) is 23.7 Å². The molecule has 5 nitrogen and oxygen atoms in total. The number of esters is 1. The third-order valence-electron chi connectivity index (χ3n) is 2.90. The number of carbonyl (C=O) groups excluding carboxylic acids is 1. The molecule has 1 aromatic carbocycles. The molecule has 0 aliphatic heterocycles. The van der Waals surface area contributed by atoms with E-state index in [1.54, 1.807) is 18.2 Å². The smallest absolute Gasteiger partial charge is 0.356 e. The van der Waals surface area contributed by atoms with E-state index in [0.29, 0.717) is 10.6 Å². The van der Waals surface area contributed by atoms with Crippen molar-refractivity contribution in [3.8, 4) is 11.1 Å². The molecule has 0 spiro atoms. The van der Waals surface area contributed by atoms with Gasteiger partial charge < -0.3 is 4.74 Å². The molecule has 0 aliphatic rings. The first kappa shape index (κ1) is 13.4. The second-order valence-corrected chi connectivity index (χ2v) is 4.59. The number of aromatic amines is 1. The molecule has 0 saturated heterocycles. The monoisotopic (exact) mass is 280 g/mol. The van der Waals surface area contributed by atoms with Crippen molar-refractivity contribution in [2.45, 2.75) is 6.92 Å². The van der Waals surface area contributed by atoms with Gasteiger partial charge in [-0.2, -0.15) is 0 Å². The summed E-state index contributed by atoms with van der Waals surface area (Å²) in [6.45, 7) is 1.86. The standard InChI is InChI=1S/C13H13ClN2O3/c1-7-4-5-8(6-9(7)14)10-11(13(18)19-3)15-16(2)12(10)17/h4-6,15H,1-3H3. The van der Waals surface area contributed by atoms with E-state index in [1.807, 2.05) is 6.92 Å². The third-order valence-corrected chi connectivity index (χ3v) is 3.31. The molecule has 2 aromatic rings. The highest BCUT2D eigenvalue weighted by Gasteiger charge is 2.21. The van der Waals surface area contributed by atoms with Crippen LogP contribution in [0.4, 0.5) is 0 Å². The lowest BCUT2D eigenvalue weighted by Crippen LogP contribution is -2.13. The molecule has 0 radical (unpaired) electrons. The zero-order valence-corrected chi connectivity index (χ0v) is 11.5. The van der Waals surface area contributed by atoms with Gasteiger partial charge in [0.05, 0.1) is 12.7 Å². The Labute approximate surface area is 114 Å².